The normalized spacial score (nSPS) is 13.9. The van der Waals surface area contributed by atoms with E-state index in [1.807, 2.05) is 25.7 Å². The molecule has 26 heavy (non-hydrogen) atoms. The van der Waals surface area contributed by atoms with Crippen LogP contribution in [0.1, 0.15) is 31.1 Å². The number of esters is 1. The van der Waals surface area contributed by atoms with Crippen molar-refractivity contribution in [2.45, 2.75) is 26.4 Å². The molecule has 9 nitrogen and oxygen atoms in total. The Morgan fingerprint density at radius 2 is 1.92 bits per heavy atom. The number of hydrogen-bond acceptors (Lipinski definition) is 8. The molecule has 0 radical (unpaired) electrons. The molecular weight excluding hydrogens is 342 g/mol. The molecule has 1 aliphatic heterocycles. The van der Waals surface area contributed by atoms with Crippen LogP contribution in [-0.4, -0.2) is 56.3 Å². The van der Waals surface area contributed by atoms with Gasteiger partial charge in [-0.2, -0.15) is 0 Å². The van der Waals surface area contributed by atoms with E-state index in [9.17, 15) is 19.7 Å². The first-order valence-corrected chi connectivity index (χ1v) is 8.13. The smallest absolute Gasteiger partial charge is 0.338 e. The molecule has 0 bridgehead atoms. The Kier molecular flexibility index (Phi) is 7.98. The van der Waals surface area contributed by atoms with Gasteiger partial charge in [-0.1, -0.05) is 0 Å². The van der Waals surface area contributed by atoms with Crippen LogP contribution in [0.4, 0.5) is 11.4 Å². The summed E-state index contributed by atoms with van der Waals surface area (Å²) in [4.78, 5) is 33.6. The molecule has 9 heteroatoms. The number of piperazine rings is 1. The lowest BCUT2D eigenvalue weighted by Gasteiger charge is -2.29. The third-order valence-electron chi connectivity index (χ3n) is 3.45. The Labute approximate surface area is 152 Å². The largest absolute Gasteiger partial charge is 0.465 e. The van der Waals surface area contributed by atoms with Crippen LogP contribution in [0.2, 0.25) is 0 Å². The van der Waals surface area contributed by atoms with Gasteiger partial charge in [0.05, 0.1) is 17.6 Å². The van der Waals surface area contributed by atoms with Gasteiger partial charge >= 0.3 is 5.97 Å². The van der Waals surface area contributed by atoms with Crippen LogP contribution < -0.4 is 10.2 Å². The van der Waals surface area contributed by atoms with Crippen molar-refractivity contribution in [1.82, 2.24) is 5.32 Å². The number of hydrogen-bond donors (Lipinski definition) is 1. The Morgan fingerprint density at radius 3 is 2.35 bits per heavy atom. The number of nitro benzene ring substituents is 1. The molecule has 1 aliphatic rings. The lowest BCUT2D eigenvalue weighted by molar-refractivity contribution is -0.384. The van der Waals surface area contributed by atoms with Crippen molar-refractivity contribution in [1.29, 1.82) is 0 Å². The second-order valence-electron chi connectivity index (χ2n) is 6.52. The van der Waals surface area contributed by atoms with Gasteiger partial charge in [0.1, 0.15) is 11.3 Å². The van der Waals surface area contributed by atoms with E-state index in [0.717, 1.165) is 13.1 Å². The first kappa shape index (κ1) is 21.4. The summed E-state index contributed by atoms with van der Waals surface area (Å²) in [6.45, 7) is 8.91. The summed E-state index contributed by atoms with van der Waals surface area (Å²) in [5.41, 5.74) is 0.346. The van der Waals surface area contributed by atoms with Crippen LogP contribution in [0.25, 0.3) is 0 Å². The molecule has 0 atom stereocenters. The highest BCUT2D eigenvalue weighted by molar-refractivity contribution is 5.91. The number of carbonyl (C=O) groups is 2. The van der Waals surface area contributed by atoms with E-state index in [0.29, 0.717) is 25.2 Å². The maximum absolute atomic E-state index is 11.4. The van der Waals surface area contributed by atoms with Gasteiger partial charge in [-0.3, -0.25) is 14.9 Å². The minimum absolute atomic E-state index is 0.0650. The minimum Gasteiger partial charge on any atom is -0.465 e. The van der Waals surface area contributed by atoms with Gasteiger partial charge in [0.15, 0.2) is 0 Å². The van der Waals surface area contributed by atoms with Crippen molar-refractivity contribution in [3.05, 3.63) is 33.9 Å². The summed E-state index contributed by atoms with van der Waals surface area (Å²) in [5, 5.41) is 14.3. The summed E-state index contributed by atoms with van der Waals surface area (Å²) >= 11 is 0. The summed E-state index contributed by atoms with van der Waals surface area (Å²) < 4.78 is 9.12. The topological polar surface area (TPSA) is 111 Å². The zero-order valence-electron chi connectivity index (χ0n) is 15.5. The lowest BCUT2D eigenvalue weighted by Crippen LogP contribution is -2.43. The highest BCUT2D eigenvalue weighted by atomic mass is 16.6. The van der Waals surface area contributed by atoms with Crippen molar-refractivity contribution in [3.63, 3.8) is 0 Å². The molecule has 1 fully saturated rings. The quantitative estimate of drug-likeness (QED) is 0.371. The van der Waals surface area contributed by atoms with Crippen molar-refractivity contribution < 1.29 is 24.0 Å². The standard InChI is InChI=1S/C12H15N3O4.C5H10O2/c1-19-12(16)9-2-3-10(11(8-9)15(17)18)14-6-4-13-5-7-14;1-5(2,3)7-4-6/h2-3,8,13H,4-7H2,1H3;4H,1-3H3. The predicted octanol–water partition coefficient (Wildman–Crippen LogP) is 1.75. The third-order valence-corrected chi connectivity index (χ3v) is 3.45. The number of nitro groups is 1. The number of ether oxygens (including phenoxy) is 2. The van der Waals surface area contributed by atoms with Crippen LogP contribution in [0, 0.1) is 10.1 Å². The predicted molar refractivity (Wildman–Crippen MR) is 96.4 cm³/mol. The number of rotatable bonds is 4. The van der Waals surface area contributed by atoms with Crippen LogP contribution in [-0.2, 0) is 14.3 Å². The SMILES string of the molecule is CC(C)(C)OC=O.COC(=O)c1ccc(N2CCNCC2)c([N+](=O)[O-])c1. The van der Waals surface area contributed by atoms with Crippen LogP contribution >= 0.6 is 0 Å². The number of nitrogens with one attached hydrogen (secondary N) is 1. The van der Waals surface area contributed by atoms with Crippen molar-refractivity contribution in [2.24, 2.45) is 0 Å². The van der Waals surface area contributed by atoms with Crippen molar-refractivity contribution in [3.8, 4) is 0 Å². The summed E-state index contributed by atoms with van der Waals surface area (Å²) in [6, 6.07) is 4.43. The number of nitrogens with zero attached hydrogens (tertiary/aromatic N) is 2. The molecule has 1 N–H and O–H groups in total. The first-order chi connectivity index (χ1) is 12.2. The second kappa shape index (κ2) is 9.71. The molecule has 144 valence electrons. The summed E-state index contributed by atoms with van der Waals surface area (Å²) in [5.74, 6) is -0.574. The Balaban J connectivity index is 0.000000412. The van der Waals surface area contributed by atoms with E-state index in [4.69, 9.17) is 0 Å². The fourth-order valence-electron chi connectivity index (χ4n) is 2.23. The van der Waals surface area contributed by atoms with E-state index in [-0.39, 0.29) is 16.9 Å². The van der Waals surface area contributed by atoms with E-state index in [1.165, 1.54) is 13.2 Å². The maximum Gasteiger partial charge on any atom is 0.338 e. The second-order valence-corrected chi connectivity index (χ2v) is 6.52. The van der Waals surface area contributed by atoms with Gasteiger partial charge in [0.25, 0.3) is 12.2 Å². The van der Waals surface area contributed by atoms with Gasteiger partial charge in [-0.05, 0) is 32.9 Å². The lowest BCUT2D eigenvalue weighted by atomic mass is 10.1. The van der Waals surface area contributed by atoms with Gasteiger partial charge in [0, 0.05) is 32.2 Å². The van der Waals surface area contributed by atoms with E-state index in [1.54, 1.807) is 12.1 Å². The average Bonchev–Trinajstić information content (AvgIpc) is 2.60. The fraction of sp³-hybridized carbons (Fsp3) is 0.529. The molecule has 0 spiro atoms. The molecule has 0 aromatic heterocycles. The van der Waals surface area contributed by atoms with Gasteiger partial charge in [-0.15, -0.1) is 0 Å². The molecule has 1 aromatic carbocycles. The van der Waals surface area contributed by atoms with Gasteiger partial charge in [0.2, 0.25) is 0 Å². The van der Waals surface area contributed by atoms with Crippen LogP contribution in [0.15, 0.2) is 18.2 Å². The number of carbonyl (C=O) groups excluding carboxylic acids is 2. The van der Waals surface area contributed by atoms with Crippen molar-refractivity contribution >= 4 is 23.8 Å². The summed E-state index contributed by atoms with van der Waals surface area (Å²) in [6.07, 6.45) is 0. The van der Waals surface area contributed by atoms with Crippen LogP contribution in [0.5, 0.6) is 0 Å². The molecule has 0 amide bonds. The first-order valence-electron chi connectivity index (χ1n) is 8.13. The van der Waals surface area contributed by atoms with Crippen LogP contribution in [0.3, 0.4) is 0 Å². The van der Waals surface area contributed by atoms with E-state index >= 15 is 0 Å². The Morgan fingerprint density at radius 1 is 1.31 bits per heavy atom. The molecule has 1 heterocycles. The highest BCUT2D eigenvalue weighted by Gasteiger charge is 2.23. The van der Waals surface area contributed by atoms with Gasteiger partial charge in [-0.25, -0.2) is 4.79 Å². The fourth-order valence-corrected chi connectivity index (χ4v) is 2.23. The third kappa shape index (κ3) is 6.67. The zero-order valence-corrected chi connectivity index (χ0v) is 15.5. The molecule has 0 unspecified atom stereocenters. The number of methoxy groups -OCH3 is 1. The van der Waals surface area contributed by atoms with E-state index < -0.39 is 10.9 Å². The molecule has 0 aliphatic carbocycles. The Bertz CT molecular complexity index is 636. The average molecular weight is 367 g/mol. The van der Waals surface area contributed by atoms with Crippen molar-refractivity contribution in [2.75, 3.05) is 38.2 Å². The minimum atomic E-state index is -0.574. The monoisotopic (exact) mass is 367 g/mol. The molecule has 0 saturated carbocycles. The van der Waals surface area contributed by atoms with Gasteiger partial charge < -0.3 is 19.7 Å². The summed E-state index contributed by atoms with van der Waals surface area (Å²) in [7, 11) is 1.25. The zero-order chi connectivity index (χ0) is 19.7. The molecule has 1 saturated heterocycles. The molecule has 2 rings (SSSR count). The Hall–Kier alpha value is -2.68. The molecular formula is C17H25N3O6. The number of anilines is 1. The molecule has 1 aromatic rings. The highest BCUT2D eigenvalue weighted by Crippen LogP contribution is 2.29. The number of benzene rings is 1. The van der Waals surface area contributed by atoms with E-state index in [2.05, 4.69) is 14.8 Å². The maximum atomic E-state index is 11.4.